The highest BCUT2D eigenvalue weighted by molar-refractivity contribution is 6.17. The number of hydrogen-bond donors (Lipinski definition) is 2. The minimum absolute atomic E-state index is 0.209. The van der Waals surface area contributed by atoms with Crippen LogP contribution in [0.4, 0.5) is 5.69 Å². The molecule has 104 valence electrons. The molecule has 2 rings (SSSR count). The quantitative estimate of drug-likeness (QED) is 0.839. The van der Waals surface area contributed by atoms with E-state index in [1.165, 1.54) is 0 Å². The summed E-state index contributed by atoms with van der Waals surface area (Å²) in [6.45, 7) is 3.59. The number of hydrogen-bond acceptors (Lipinski definition) is 2. The molecule has 0 aliphatic carbocycles. The van der Waals surface area contributed by atoms with Crippen molar-refractivity contribution in [1.29, 1.82) is 0 Å². The van der Waals surface area contributed by atoms with Gasteiger partial charge in [-0.05, 0) is 43.2 Å². The summed E-state index contributed by atoms with van der Waals surface area (Å²) in [6.07, 6.45) is 0. The van der Waals surface area contributed by atoms with Gasteiger partial charge in [-0.3, -0.25) is 4.79 Å². The van der Waals surface area contributed by atoms with Crippen LogP contribution < -0.4 is 5.32 Å². The first-order valence-electron chi connectivity index (χ1n) is 6.28. The fourth-order valence-corrected chi connectivity index (χ4v) is 2.09. The summed E-state index contributed by atoms with van der Waals surface area (Å²) in [5, 5.41) is 12.7. The summed E-state index contributed by atoms with van der Waals surface area (Å²) in [5.74, 6) is 0.421. The molecule has 20 heavy (non-hydrogen) atoms. The molecule has 0 aliphatic heterocycles. The number of anilines is 1. The number of phenols is 1. The molecule has 0 radical (unpaired) electrons. The Kier molecular flexibility index (Phi) is 4.30. The molecular weight excluding hydrogens is 274 g/mol. The molecule has 0 spiro atoms. The number of nitrogens with one attached hydrogen (secondary N) is 1. The van der Waals surface area contributed by atoms with Gasteiger partial charge in [-0.15, -0.1) is 11.6 Å². The molecule has 0 aromatic heterocycles. The molecule has 0 saturated heterocycles. The van der Waals surface area contributed by atoms with E-state index in [-0.39, 0.29) is 11.7 Å². The molecule has 3 nitrogen and oxygen atoms in total. The maximum atomic E-state index is 12.1. The second-order valence-corrected chi connectivity index (χ2v) is 4.96. The van der Waals surface area contributed by atoms with Crippen LogP contribution in [0.5, 0.6) is 5.75 Å². The molecule has 2 N–H and O–H groups in total. The van der Waals surface area contributed by atoms with E-state index in [1.807, 2.05) is 19.1 Å². The lowest BCUT2D eigenvalue weighted by atomic mass is 10.1. The van der Waals surface area contributed by atoms with Crippen LogP contribution in [-0.4, -0.2) is 11.0 Å². The van der Waals surface area contributed by atoms with Gasteiger partial charge in [-0.1, -0.05) is 18.2 Å². The molecule has 0 heterocycles. The summed E-state index contributed by atoms with van der Waals surface area (Å²) in [5.41, 5.74) is 3.58. The van der Waals surface area contributed by atoms with Gasteiger partial charge in [0.2, 0.25) is 0 Å². The second kappa shape index (κ2) is 5.97. The largest absolute Gasteiger partial charge is 0.507 e. The van der Waals surface area contributed by atoms with Crippen molar-refractivity contribution in [2.24, 2.45) is 0 Å². The van der Waals surface area contributed by atoms with E-state index in [2.05, 4.69) is 5.32 Å². The first-order valence-corrected chi connectivity index (χ1v) is 6.82. The average Bonchev–Trinajstić information content (AvgIpc) is 2.48. The predicted molar refractivity (Wildman–Crippen MR) is 81.5 cm³/mol. The lowest BCUT2D eigenvalue weighted by molar-refractivity contribution is 0.102. The molecule has 2 aromatic carbocycles. The van der Waals surface area contributed by atoms with Crippen molar-refractivity contribution in [2.45, 2.75) is 19.7 Å². The van der Waals surface area contributed by atoms with Gasteiger partial charge in [-0.25, -0.2) is 0 Å². The Hall–Kier alpha value is -2.00. The monoisotopic (exact) mass is 289 g/mol. The van der Waals surface area contributed by atoms with Crippen molar-refractivity contribution in [3.63, 3.8) is 0 Å². The zero-order chi connectivity index (χ0) is 14.7. The van der Waals surface area contributed by atoms with E-state index < -0.39 is 0 Å². The summed E-state index contributed by atoms with van der Waals surface area (Å²) in [4.78, 5) is 12.1. The van der Waals surface area contributed by atoms with E-state index in [1.54, 1.807) is 31.2 Å². The van der Waals surface area contributed by atoms with Crippen LogP contribution in [0.15, 0.2) is 36.4 Å². The molecule has 0 fully saturated rings. The van der Waals surface area contributed by atoms with Crippen molar-refractivity contribution < 1.29 is 9.90 Å². The normalized spacial score (nSPS) is 10.3. The fourth-order valence-electron chi connectivity index (χ4n) is 1.91. The van der Waals surface area contributed by atoms with Gasteiger partial charge in [-0.2, -0.15) is 0 Å². The van der Waals surface area contributed by atoms with Crippen LogP contribution >= 0.6 is 11.6 Å². The van der Waals surface area contributed by atoms with Crippen LogP contribution in [0, 0.1) is 13.8 Å². The molecule has 0 unspecified atom stereocenters. The summed E-state index contributed by atoms with van der Waals surface area (Å²) < 4.78 is 0. The van der Waals surface area contributed by atoms with Gasteiger partial charge in [0.05, 0.1) is 0 Å². The molecule has 1 amide bonds. The second-order valence-electron chi connectivity index (χ2n) is 4.69. The minimum Gasteiger partial charge on any atom is -0.507 e. The minimum atomic E-state index is -0.211. The van der Waals surface area contributed by atoms with E-state index >= 15 is 0 Å². The van der Waals surface area contributed by atoms with Gasteiger partial charge in [0.15, 0.2) is 0 Å². The molecule has 2 aromatic rings. The van der Waals surface area contributed by atoms with Crippen LogP contribution in [0.3, 0.4) is 0 Å². The van der Waals surface area contributed by atoms with Gasteiger partial charge in [0.1, 0.15) is 5.75 Å². The van der Waals surface area contributed by atoms with Gasteiger partial charge >= 0.3 is 0 Å². The van der Waals surface area contributed by atoms with Crippen LogP contribution in [0.2, 0.25) is 0 Å². The maximum absolute atomic E-state index is 12.1. The van der Waals surface area contributed by atoms with Crippen molar-refractivity contribution in [1.82, 2.24) is 0 Å². The molecule has 0 atom stereocenters. The Bertz CT molecular complexity index is 636. The molecule has 4 heteroatoms. The number of rotatable bonds is 3. The first kappa shape index (κ1) is 14.4. The fraction of sp³-hybridized carbons (Fsp3) is 0.188. The average molecular weight is 290 g/mol. The number of aryl methyl sites for hydroxylation is 1. The van der Waals surface area contributed by atoms with Crippen molar-refractivity contribution in [3.05, 3.63) is 58.7 Å². The Morgan fingerprint density at radius 1 is 1.15 bits per heavy atom. The highest BCUT2D eigenvalue weighted by Gasteiger charge is 2.10. The van der Waals surface area contributed by atoms with Gasteiger partial charge in [0, 0.05) is 22.7 Å². The van der Waals surface area contributed by atoms with Gasteiger partial charge < -0.3 is 10.4 Å². The number of benzene rings is 2. The third-order valence-corrected chi connectivity index (χ3v) is 3.56. The third-order valence-electron chi connectivity index (χ3n) is 3.25. The Labute approximate surface area is 123 Å². The van der Waals surface area contributed by atoms with Crippen molar-refractivity contribution in [2.75, 3.05) is 5.32 Å². The lowest BCUT2D eigenvalue weighted by Gasteiger charge is -2.11. The van der Waals surface area contributed by atoms with Crippen LogP contribution in [-0.2, 0) is 5.88 Å². The Balaban J connectivity index is 2.21. The van der Waals surface area contributed by atoms with E-state index in [4.69, 9.17) is 11.6 Å². The lowest BCUT2D eigenvalue weighted by Crippen LogP contribution is -2.12. The van der Waals surface area contributed by atoms with Crippen LogP contribution in [0.1, 0.15) is 27.0 Å². The van der Waals surface area contributed by atoms with Crippen molar-refractivity contribution >= 4 is 23.2 Å². The van der Waals surface area contributed by atoms with Gasteiger partial charge in [0.25, 0.3) is 5.91 Å². The standard InChI is InChI=1S/C16H16ClNO2/c1-10-3-8-14(11(2)15(10)19)18-16(20)13-6-4-12(9-17)5-7-13/h3-8,19H,9H2,1-2H3,(H,18,20). The van der Waals surface area contributed by atoms with E-state index in [0.29, 0.717) is 22.7 Å². The number of halogens is 1. The summed E-state index contributed by atoms with van der Waals surface area (Å²) in [6, 6.07) is 10.7. The smallest absolute Gasteiger partial charge is 0.255 e. The molecule has 0 bridgehead atoms. The predicted octanol–water partition coefficient (Wildman–Crippen LogP) is 4.00. The topological polar surface area (TPSA) is 49.3 Å². The zero-order valence-electron chi connectivity index (χ0n) is 11.4. The first-order chi connectivity index (χ1) is 9.52. The SMILES string of the molecule is Cc1ccc(NC(=O)c2ccc(CCl)cc2)c(C)c1O. The zero-order valence-corrected chi connectivity index (χ0v) is 12.2. The number of carbonyl (C=O) groups is 1. The maximum Gasteiger partial charge on any atom is 0.255 e. The molecule has 0 aliphatic rings. The third kappa shape index (κ3) is 2.94. The highest BCUT2D eigenvalue weighted by atomic mass is 35.5. The highest BCUT2D eigenvalue weighted by Crippen LogP contribution is 2.28. The van der Waals surface area contributed by atoms with Crippen LogP contribution in [0.25, 0.3) is 0 Å². The van der Waals surface area contributed by atoms with E-state index in [9.17, 15) is 9.90 Å². The Morgan fingerprint density at radius 2 is 1.80 bits per heavy atom. The summed E-state index contributed by atoms with van der Waals surface area (Å²) in [7, 11) is 0. The number of amides is 1. The number of alkyl halides is 1. The summed E-state index contributed by atoms with van der Waals surface area (Å²) >= 11 is 5.71. The molecule has 0 saturated carbocycles. The Morgan fingerprint density at radius 3 is 2.40 bits per heavy atom. The number of carbonyl (C=O) groups excluding carboxylic acids is 1. The number of aromatic hydroxyl groups is 1. The molecular formula is C16H16ClNO2. The van der Waals surface area contributed by atoms with E-state index in [0.717, 1.165) is 11.1 Å². The number of phenolic OH excluding ortho intramolecular Hbond substituents is 1. The van der Waals surface area contributed by atoms with Crippen molar-refractivity contribution in [3.8, 4) is 5.75 Å².